The Morgan fingerprint density at radius 2 is 2.17 bits per heavy atom. The van der Waals surface area contributed by atoms with E-state index in [1.54, 1.807) is 0 Å². The maximum atomic E-state index is 6.43. The van der Waals surface area contributed by atoms with E-state index < -0.39 is 0 Å². The van der Waals surface area contributed by atoms with Crippen LogP contribution >= 0.6 is 11.3 Å². The molecule has 1 aromatic carbocycles. The van der Waals surface area contributed by atoms with E-state index in [0.717, 1.165) is 18.3 Å². The third-order valence-corrected chi connectivity index (χ3v) is 5.37. The monoisotopic (exact) mass is 259 g/mol. The minimum Gasteiger partial charge on any atom is -0.327 e. The lowest BCUT2D eigenvalue weighted by molar-refractivity contribution is 0.416. The van der Waals surface area contributed by atoms with Gasteiger partial charge in [0.15, 0.2) is 0 Å². The average Bonchev–Trinajstić information content (AvgIpc) is 2.97. The van der Waals surface area contributed by atoms with Crippen molar-refractivity contribution >= 4 is 21.4 Å². The van der Waals surface area contributed by atoms with Gasteiger partial charge in [-0.05, 0) is 53.5 Å². The van der Waals surface area contributed by atoms with Gasteiger partial charge in [-0.15, -0.1) is 11.3 Å². The lowest BCUT2D eigenvalue weighted by atomic mass is 9.92. The van der Waals surface area contributed by atoms with Gasteiger partial charge in [0.1, 0.15) is 0 Å². The van der Waals surface area contributed by atoms with Crippen molar-refractivity contribution in [2.75, 3.05) is 0 Å². The molecule has 96 valence electrons. The molecule has 0 radical (unpaired) electrons. The predicted molar refractivity (Wildman–Crippen MR) is 80.0 cm³/mol. The fourth-order valence-electron chi connectivity index (χ4n) is 3.25. The van der Waals surface area contributed by atoms with E-state index in [9.17, 15) is 0 Å². The van der Waals surface area contributed by atoms with Gasteiger partial charge < -0.3 is 5.73 Å². The predicted octanol–water partition coefficient (Wildman–Crippen LogP) is 4.21. The Balaban J connectivity index is 1.76. The van der Waals surface area contributed by atoms with Crippen LogP contribution in [0.25, 0.3) is 10.1 Å². The first-order valence-electron chi connectivity index (χ1n) is 6.94. The summed E-state index contributed by atoms with van der Waals surface area (Å²) in [6.45, 7) is 2.35. The summed E-state index contributed by atoms with van der Waals surface area (Å²) < 4.78 is 1.39. The normalized spacial score (nSPS) is 25.7. The molecule has 18 heavy (non-hydrogen) atoms. The molecule has 1 heterocycles. The summed E-state index contributed by atoms with van der Waals surface area (Å²) in [5.74, 6) is 1.61. The fraction of sp³-hybridized carbons (Fsp3) is 0.500. The molecule has 3 unspecified atom stereocenters. The van der Waals surface area contributed by atoms with Crippen molar-refractivity contribution in [1.82, 2.24) is 0 Å². The standard InChI is InChI=1S/C16H21NS/c1-11-6-7-12(8-11)15(17)9-13-10-18-16-5-3-2-4-14(13)16/h2-5,10-12,15H,6-9,17H2,1H3. The van der Waals surface area contributed by atoms with Crippen LogP contribution in [-0.2, 0) is 6.42 Å². The minimum absolute atomic E-state index is 0.341. The van der Waals surface area contributed by atoms with E-state index in [4.69, 9.17) is 5.73 Å². The van der Waals surface area contributed by atoms with Crippen molar-refractivity contribution < 1.29 is 0 Å². The lowest BCUT2D eigenvalue weighted by Crippen LogP contribution is -2.30. The van der Waals surface area contributed by atoms with Gasteiger partial charge in [0.05, 0.1) is 0 Å². The van der Waals surface area contributed by atoms with Crippen molar-refractivity contribution in [3.05, 3.63) is 35.2 Å². The molecule has 3 atom stereocenters. The van der Waals surface area contributed by atoms with Crippen LogP contribution in [0, 0.1) is 11.8 Å². The maximum absolute atomic E-state index is 6.43. The third kappa shape index (κ3) is 2.32. The van der Waals surface area contributed by atoms with E-state index >= 15 is 0 Å². The molecule has 0 aliphatic heterocycles. The van der Waals surface area contributed by atoms with E-state index in [-0.39, 0.29) is 0 Å². The molecule has 1 nitrogen and oxygen atoms in total. The topological polar surface area (TPSA) is 26.0 Å². The number of hydrogen-bond acceptors (Lipinski definition) is 2. The zero-order valence-corrected chi connectivity index (χ0v) is 11.7. The fourth-order valence-corrected chi connectivity index (χ4v) is 4.23. The zero-order chi connectivity index (χ0) is 12.5. The number of hydrogen-bond donors (Lipinski definition) is 1. The number of rotatable bonds is 3. The Kier molecular flexibility index (Phi) is 3.40. The van der Waals surface area contributed by atoms with Crippen molar-refractivity contribution in [2.45, 2.75) is 38.6 Å². The van der Waals surface area contributed by atoms with Gasteiger partial charge in [0.25, 0.3) is 0 Å². The van der Waals surface area contributed by atoms with Gasteiger partial charge in [-0.2, -0.15) is 0 Å². The summed E-state index contributed by atoms with van der Waals surface area (Å²) in [7, 11) is 0. The second-order valence-electron chi connectivity index (χ2n) is 5.80. The summed E-state index contributed by atoms with van der Waals surface area (Å²) in [6.07, 6.45) is 5.05. The molecular weight excluding hydrogens is 238 g/mol. The van der Waals surface area contributed by atoms with Crippen molar-refractivity contribution in [3.8, 4) is 0 Å². The molecule has 2 heteroatoms. The Labute approximate surface area is 113 Å². The highest BCUT2D eigenvalue weighted by atomic mass is 32.1. The van der Waals surface area contributed by atoms with E-state index in [1.807, 2.05) is 11.3 Å². The van der Waals surface area contributed by atoms with Crippen LogP contribution in [0.15, 0.2) is 29.6 Å². The molecule has 1 aromatic heterocycles. The first-order valence-corrected chi connectivity index (χ1v) is 7.82. The van der Waals surface area contributed by atoms with Gasteiger partial charge in [-0.1, -0.05) is 31.5 Å². The molecule has 0 spiro atoms. The van der Waals surface area contributed by atoms with Crippen molar-refractivity contribution in [3.63, 3.8) is 0 Å². The van der Waals surface area contributed by atoms with Crippen LogP contribution in [0.2, 0.25) is 0 Å². The SMILES string of the molecule is CC1CCC(C(N)Cc2csc3ccccc23)C1. The number of nitrogens with two attached hydrogens (primary N) is 1. The van der Waals surface area contributed by atoms with Gasteiger partial charge >= 0.3 is 0 Å². The van der Waals surface area contributed by atoms with Crippen LogP contribution in [0.1, 0.15) is 31.7 Å². The zero-order valence-electron chi connectivity index (χ0n) is 10.9. The molecule has 1 saturated carbocycles. The quantitative estimate of drug-likeness (QED) is 0.878. The molecule has 1 aliphatic carbocycles. The maximum Gasteiger partial charge on any atom is 0.0345 e. The minimum atomic E-state index is 0.341. The molecule has 0 bridgehead atoms. The second-order valence-corrected chi connectivity index (χ2v) is 6.71. The molecular formula is C16H21NS. The van der Waals surface area contributed by atoms with Gasteiger partial charge in [-0.3, -0.25) is 0 Å². The highest BCUT2D eigenvalue weighted by molar-refractivity contribution is 7.17. The Hall–Kier alpha value is -0.860. The highest BCUT2D eigenvalue weighted by Gasteiger charge is 2.26. The van der Waals surface area contributed by atoms with Crippen LogP contribution in [0.5, 0.6) is 0 Å². The Morgan fingerprint density at radius 1 is 1.33 bits per heavy atom. The number of fused-ring (bicyclic) bond motifs is 1. The van der Waals surface area contributed by atoms with Crippen molar-refractivity contribution in [2.24, 2.45) is 17.6 Å². The Bertz CT molecular complexity index is 531. The Morgan fingerprint density at radius 3 is 2.94 bits per heavy atom. The summed E-state index contributed by atoms with van der Waals surface area (Å²) in [5, 5.41) is 3.70. The average molecular weight is 259 g/mol. The van der Waals surface area contributed by atoms with Crippen LogP contribution < -0.4 is 5.73 Å². The molecule has 3 rings (SSSR count). The number of benzene rings is 1. The molecule has 1 fully saturated rings. The van der Waals surface area contributed by atoms with E-state index in [1.165, 1.54) is 34.9 Å². The van der Waals surface area contributed by atoms with Crippen LogP contribution in [0.4, 0.5) is 0 Å². The highest BCUT2D eigenvalue weighted by Crippen LogP contribution is 2.34. The first-order chi connectivity index (χ1) is 8.74. The van der Waals surface area contributed by atoms with Crippen LogP contribution in [-0.4, -0.2) is 6.04 Å². The molecule has 0 amide bonds. The van der Waals surface area contributed by atoms with Gasteiger partial charge in [-0.25, -0.2) is 0 Å². The largest absolute Gasteiger partial charge is 0.327 e. The van der Waals surface area contributed by atoms with Gasteiger partial charge in [0, 0.05) is 10.7 Å². The summed E-state index contributed by atoms with van der Waals surface area (Å²) in [5.41, 5.74) is 7.87. The summed E-state index contributed by atoms with van der Waals surface area (Å²) in [6, 6.07) is 9.01. The van der Waals surface area contributed by atoms with E-state index in [0.29, 0.717) is 6.04 Å². The van der Waals surface area contributed by atoms with Crippen molar-refractivity contribution in [1.29, 1.82) is 0 Å². The molecule has 1 aliphatic rings. The second kappa shape index (κ2) is 5.02. The summed E-state index contributed by atoms with van der Waals surface area (Å²) >= 11 is 1.84. The first kappa shape index (κ1) is 12.2. The van der Waals surface area contributed by atoms with E-state index in [2.05, 4.69) is 36.6 Å². The van der Waals surface area contributed by atoms with Crippen LogP contribution in [0.3, 0.4) is 0 Å². The smallest absolute Gasteiger partial charge is 0.0345 e. The third-order valence-electron chi connectivity index (χ3n) is 4.36. The molecule has 2 aromatic rings. The number of thiophene rings is 1. The molecule has 2 N–H and O–H groups in total. The lowest BCUT2D eigenvalue weighted by Gasteiger charge is -2.18. The van der Waals surface area contributed by atoms with Gasteiger partial charge in [0.2, 0.25) is 0 Å². The molecule has 0 saturated heterocycles. The summed E-state index contributed by atoms with van der Waals surface area (Å²) in [4.78, 5) is 0.